The minimum Gasteiger partial charge on any atom is -0.332 e. The van der Waals surface area contributed by atoms with Crippen LogP contribution < -0.4 is 5.73 Å². The van der Waals surface area contributed by atoms with E-state index in [9.17, 15) is 4.79 Å². The molecule has 2 rings (SSSR count). The first kappa shape index (κ1) is 16.4. The van der Waals surface area contributed by atoms with Crippen LogP contribution in [0.3, 0.4) is 0 Å². The average Bonchev–Trinajstić information content (AvgIpc) is 2.71. The van der Waals surface area contributed by atoms with E-state index in [0.29, 0.717) is 18.3 Å². The Bertz CT molecular complexity index is 418. The smallest absolute Gasteiger partial charge is 0.273 e. The van der Waals surface area contributed by atoms with Gasteiger partial charge >= 0.3 is 0 Å². The molecule has 0 radical (unpaired) electrons. The van der Waals surface area contributed by atoms with Gasteiger partial charge < -0.3 is 10.6 Å². The van der Waals surface area contributed by atoms with Gasteiger partial charge in [0.25, 0.3) is 5.91 Å². The van der Waals surface area contributed by atoms with Crippen LogP contribution in [-0.4, -0.2) is 34.4 Å². The number of halogens is 1. The molecule has 0 aromatic carbocycles. The highest BCUT2D eigenvalue weighted by atomic mass is 35.5. The molecule has 1 aromatic heterocycles. The fourth-order valence-corrected chi connectivity index (χ4v) is 3.05. The maximum atomic E-state index is 12.5. The molecule has 108 valence electrons. The molecule has 1 amide bonds. The van der Waals surface area contributed by atoms with E-state index in [4.69, 9.17) is 5.73 Å². The van der Waals surface area contributed by atoms with Gasteiger partial charge in [-0.3, -0.25) is 4.79 Å². The Morgan fingerprint density at radius 3 is 2.74 bits per heavy atom. The Morgan fingerprint density at radius 1 is 1.58 bits per heavy atom. The van der Waals surface area contributed by atoms with Crippen molar-refractivity contribution in [3.8, 4) is 0 Å². The number of nitrogens with two attached hydrogens (primary N) is 1. The van der Waals surface area contributed by atoms with Gasteiger partial charge in [0, 0.05) is 23.9 Å². The number of nitrogens with zero attached hydrogens (tertiary/aromatic N) is 2. The molecule has 2 N–H and O–H groups in total. The minimum atomic E-state index is 0. The van der Waals surface area contributed by atoms with Crippen molar-refractivity contribution in [3.05, 3.63) is 16.1 Å². The van der Waals surface area contributed by atoms with Crippen LogP contribution in [0.15, 0.2) is 5.38 Å². The summed E-state index contributed by atoms with van der Waals surface area (Å²) in [5, 5.41) is 2.82. The lowest BCUT2D eigenvalue weighted by molar-refractivity contribution is 0.0484. The topological polar surface area (TPSA) is 59.2 Å². The monoisotopic (exact) mass is 303 g/mol. The summed E-state index contributed by atoms with van der Waals surface area (Å²) in [5.41, 5.74) is 6.09. The number of hydrogen-bond donors (Lipinski definition) is 1. The van der Waals surface area contributed by atoms with Crippen LogP contribution in [0.1, 0.15) is 48.6 Å². The number of amides is 1. The van der Waals surface area contributed by atoms with Crippen molar-refractivity contribution >= 4 is 29.7 Å². The molecule has 1 aliphatic rings. The second kappa shape index (κ2) is 7.22. The van der Waals surface area contributed by atoms with Crippen molar-refractivity contribution in [2.75, 3.05) is 6.54 Å². The Morgan fingerprint density at radius 2 is 2.26 bits per heavy atom. The summed E-state index contributed by atoms with van der Waals surface area (Å²) < 4.78 is 0. The predicted octanol–water partition coefficient (Wildman–Crippen LogP) is 2.47. The standard InChI is InChI=1S/C13H21N3OS.ClH/c1-9(2)16(10-4-3-5-10)13(17)11-8-18-12(15-11)6-7-14;/h8-10H,3-7,14H2,1-2H3;1H. The fraction of sp³-hybridized carbons (Fsp3) is 0.692. The van der Waals surface area contributed by atoms with Crippen LogP contribution >= 0.6 is 23.7 Å². The second-order valence-corrected chi connectivity index (χ2v) is 6.00. The highest BCUT2D eigenvalue weighted by Gasteiger charge is 2.32. The van der Waals surface area contributed by atoms with Crippen molar-refractivity contribution in [3.63, 3.8) is 0 Å². The third kappa shape index (κ3) is 3.68. The molecule has 0 saturated heterocycles. The van der Waals surface area contributed by atoms with Gasteiger partial charge in [-0.2, -0.15) is 0 Å². The van der Waals surface area contributed by atoms with E-state index in [1.54, 1.807) is 0 Å². The molecule has 1 aliphatic carbocycles. The molecular weight excluding hydrogens is 282 g/mol. The van der Waals surface area contributed by atoms with Crippen molar-refractivity contribution in [1.29, 1.82) is 0 Å². The van der Waals surface area contributed by atoms with Crippen LogP contribution in [0.4, 0.5) is 0 Å². The zero-order valence-corrected chi connectivity index (χ0v) is 13.1. The third-order valence-corrected chi connectivity index (χ3v) is 4.30. The SMILES string of the molecule is CC(C)N(C(=O)c1csc(CCN)n1)C1CCC1.Cl. The number of rotatable bonds is 5. The minimum absolute atomic E-state index is 0. The number of carbonyl (C=O) groups is 1. The van der Waals surface area contributed by atoms with Crippen LogP contribution in [0.25, 0.3) is 0 Å². The van der Waals surface area contributed by atoms with Gasteiger partial charge in [-0.15, -0.1) is 23.7 Å². The van der Waals surface area contributed by atoms with E-state index in [1.165, 1.54) is 17.8 Å². The molecular formula is C13H22ClN3OS. The van der Waals surface area contributed by atoms with Gasteiger partial charge in [-0.25, -0.2) is 4.98 Å². The first-order valence-electron chi connectivity index (χ1n) is 6.60. The zero-order valence-electron chi connectivity index (χ0n) is 11.5. The normalized spacial score (nSPS) is 14.9. The van der Waals surface area contributed by atoms with Gasteiger partial charge in [-0.1, -0.05) is 0 Å². The summed E-state index contributed by atoms with van der Waals surface area (Å²) in [6.07, 6.45) is 4.24. The number of hydrogen-bond acceptors (Lipinski definition) is 4. The fourth-order valence-electron chi connectivity index (χ4n) is 2.27. The van der Waals surface area contributed by atoms with Crippen molar-refractivity contribution in [2.24, 2.45) is 5.73 Å². The van der Waals surface area contributed by atoms with E-state index in [1.807, 2.05) is 10.3 Å². The molecule has 0 atom stereocenters. The first-order chi connectivity index (χ1) is 8.63. The Hall–Kier alpha value is -0.650. The number of thiazole rings is 1. The molecule has 1 saturated carbocycles. The maximum Gasteiger partial charge on any atom is 0.273 e. The van der Waals surface area contributed by atoms with Gasteiger partial charge in [0.2, 0.25) is 0 Å². The summed E-state index contributed by atoms with van der Waals surface area (Å²) in [5.74, 6) is 0.0780. The van der Waals surface area contributed by atoms with Gasteiger partial charge in [0.1, 0.15) is 5.69 Å². The zero-order chi connectivity index (χ0) is 13.1. The van der Waals surface area contributed by atoms with Gasteiger partial charge in [-0.05, 0) is 39.7 Å². The predicted molar refractivity (Wildman–Crippen MR) is 81.1 cm³/mol. The molecule has 0 spiro atoms. The van der Waals surface area contributed by atoms with Gasteiger partial charge in [0.05, 0.1) is 5.01 Å². The molecule has 4 nitrogen and oxygen atoms in total. The van der Waals surface area contributed by atoms with Crippen molar-refractivity contribution in [1.82, 2.24) is 9.88 Å². The lowest BCUT2D eigenvalue weighted by Crippen LogP contribution is -2.48. The lowest BCUT2D eigenvalue weighted by atomic mass is 9.90. The second-order valence-electron chi connectivity index (χ2n) is 5.06. The van der Waals surface area contributed by atoms with Gasteiger partial charge in [0.15, 0.2) is 0 Å². The van der Waals surface area contributed by atoms with Crippen molar-refractivity contribution < 1.29 is 4.79 Å². The lowest BCUT2D eigenvalue weighted by Gasteiger charge is -2.40. The largest absolute Gasteiger partial charge is 0.332 e. The molecule has 19 heavy (non-hydrogen) atoms. The summed E-state index contributed by atoms with van der Waals surface area (Å²) >= 11 is 1.53. The van der Waals surface area contributed by atoms with Crippen LogP contribution in [0.5, 0.6) is 0 Å². The van der Waals surface area contributed by atoms with E-state index < -0.39 is 0 Å². The van der Waals surface area contributed by atoms with E-state index in [2.05, 4.69) is 18.8 Å². The third-order valence-electron chi connectivity index (χ3n) is 3.39. The highest BCUT2D eigenvalue weighted by molar-refractivity contribution is 7.09. The van der Waals surface area contributed by atoms with E-state index in [-0.39, 0.29) is 24.4 Å². The summed E-state index contributed by atoms with van der Waals surface area (Å²) in [6, 6.07) is 0.652. The van der Waals surface area contributed by atoms with E-state index >= 15 is 0 Å². The summed E-state index contributed by atoms with van der Waals surface area (Å²) in [7, 11) is 0. The molecule has 1 heterocycles. The molecule has 0 aliphatic heterocycles. The number of aromatic nitrogens is 1. The van der Waals surface area contributed by atoms with Crippen LogP contribution in [-0.2, 0) is 6.42 Å². The Kier molecular flexibility index (Phi) is 6.23. The Labute approximate surface area is 124 Å². The molecule has 0 unspecified atom stereocenters. The number of carbonyl (C=O) groups excluding carboxylic acids is 1. The summed E-state index contributed by atoms with van der Waals surface area (Å²) in [4.78, 5) is 18.9. The Balaban J connectivity index is 0.00000180. The summed E-state index contributed by atoms with van der Waals surface area (Å²) in [6.45, 7) is 4.73. The average molecular weight is 304 g/mol. The molecule has 1 fully saturated rings. The maximum absolute atomic E-state index is 12.5. The highest BCUT2D eigenvalue weighted by Crippen LogP contribution is 2.28. The molecule has 0 bridgehead atoms. The van der Waals surface area contributed by atoms with Crippen LogP contribution in [0, 0.1) is 0 Å². The molecule has 1 aromatic rings. The molecule has 6 heteroatoms. The quantitative estimate of drug-likeness (QED) is 0.909. The first-order valence-corrected chi connectivity index (χ1v) is 7.48. The van der Waals surface area contributed by atoms with Crippen LogP contribution in [0.2, 0.25) is 0 Å². The van der Waals surface area contributed by atoms with Crippen molar-refractivity contribution in [2.45, 2.75) is 51.6 Å². The van der Waals surface area contributed by atoms with E-state index in [0.717, 1.165) is 24.3 Å².